The summed E-state index contributed by atoms with van der Waals surface area (Å²) in [7, 11) is 0. The van der Waals surface area contributed by atoms with E-state index in [0.717, 1.165) is 17.2 Å². The van der Waals surface area contributed by atoms with Gasteiger partial charge in [-0.2, -0.15) is 0 Å². The molecule has 2 N–H and O–H groups in total. The van der Waals surface area contributed by atoms with Gasteiger partial charge in [0.15, 0.2) is 0 Å². The minimum absolute atomic E-state index is 0.0215. The van der Waals surface area contributed by atoms with E-state index in [9.17, 15) is 9.18 Å². The van der Waals surface area contributed by atoms with Gasteiger partial charge in [0.2, 0.25) is 5.91 Å². The first-order chi connectivity index (χ1) is 8.66. The van der Waals surface area contributed by atoms with Crippen molar-refractivity contribution < 1.29 is 9.18 Å². The van der Waals surface area contributed by atoms with Gasteiger partial charge in [-0.15, -0.1) is 11.8 Å². The molecule has 1 heterocycles. The largest absolute Gasteiger partial charge is 0.354 e. The third kappa shape index (κ3) is 3.60. The normalized spacial score (nSPS) is 18.9. The molecule has 1 aliphatic rings. The van der Waals surface area contributed by atoms with E-state index in [4.69, 9.17) is 11.6 Å². The third-order valence-electron chi connectivity index (χ3n) is 2.73. The quantitative estimate of drug-likeness (QED) is 0.888. The number of rotatable bonds is 4. The van der Waals surface area contributed by atoms with Crippen molar-refractivity contribution in [2.45, 2.75) is 12.5 Å². The summed E-state index contributed by atoms with van der Waals surface area (Å²) in [6, 6.07) is 4.52. The molecule has 0 aromatic heterocycles. The van der Waals surface area contributed by atoms with Crippen LogP contribution in [0.3, 0.4) is 0 Å². The lowest BCUT2D eigenvalue weighted by molar-refractivity contribution is -0.122. The number of thioether (sulfide) groups is 1. The van der Waals surface area contributed by atoms with E-state index in [1.807, 2.05) is 0 Å². The van der Waals surface area contributed by atoms with Gasteiger partial charge < -0.3 is 5.32 Å². The van der Waals surface area contributed by atoms with Crippen LogP contribution >= 0.6 is 23.4 Å². The Bertz CT molecular complexity index is 438. The van der Waals surface area contributed by atoms with Gasteiger partial charge in [-0.3, -0.25) is 10.1 Å². The lowest BCUT2D eigenvalue weighted by Crippen LogP contribution is -2.42. The zero-order valence-corrected chi connectivity index (χ0v) is 11.3. The van der Waals surface area contributed by atoms with Gasteiger partial charge in [0.25, 0.3) is 0 Å². The van der Waals surface area contributed by atoms with Crippen LogP contribution in [0.2, 0.25) is 5.02 Å². The third-order valence-corrected chi connectivity index (χ3v) is 3.96. The van der Waals surface area contributed by atoms with Gasteiger partial charge in [-0.05, 0) is 24.1 Å². The number of hydrogen-bond acceptors (Lipinski definition) is 3. The second-order valence-electron chi connectivity index (χ2n) is 4.06. The van der Waals surface area contributed by atoms with Gasteiger partial charge >= 0.3 is 0 Å². The topological polar surface area (TPSA) is 41.1 Å². The molecular weight excluding hydrogens is 275 g/mol. The summed E-state index contributed by atoms with van der Waals surface area (Å²) in [6.45, 7) is 0.531. The first kappa shape index (κ1) is 13.6. The second-order valence-corrected chi connectivity index (χ2v) is 5.50. The Kier molecular flexibility index (Phi) is 4.86. The van der Waals surface area contributed by atoms with Crippen molar-refractivity contribution in [2.75, 3.05) is 18.2 Å². The van der Waals surface area contributed by atoms with Gasteiger partial charge in [0.1, 0.15) is 5.82 Å². The summed E-state index contributed by atoms with van der Waals surface area (Å²) in [4.78, 5) is 11.7. The monoisotopic (exact) mass is 288 g/mol. The van der Waals surface area contributed by atoms with Crippen LogP contribution in [0.4, 0.5) is 4.39 Å². The predicted octanol–water partition coefficient (Wildman–Crippen LogP) is 1.80. The molecule has 1 unspecified atom stereocenters. The second kappa shape index (κ2) is 6.41. The van der Waals surface area contributed by atoms with Crippen LogP contribution in [-0.2, 0) is 11.2 Å². The number of amides is 1. The number of carbonyl (C=O) groups excluding carboxylic acids is 1. The molecule has 1 atom stereocenters. The number of carbonyl (C=O) groups is 1. The van der Waals surface area contributed by atoms with Crippen LogP contribution in [0.5, 0.6) is 0 Å². The maximum absolute atomic E-state index is 12.9. The smallest absolute Gasteiger partial charge is 0.238 e. The molecule has 1 aromatic rings. The van der Waals surface area contributed by atoms with Crippen LogP contribution in [-0.4, -0.2) is 30.1 Å². The lowest BCUT2D eigenvalue weighted by atomic mass is 10.1. The lowest BCUT2D eigenvalue weighted by Gasteiger charge is -2.10. The highest BCUT2D eigenvalue weighted by Crippen LogP contribution is 2.16. The Hall–Kier alpha value is -0.780. The average Bonchev–Trinajstić information content (AvgIpc) is 2.87. The van der Waals surface area contributed by atoms with Crippen molar-refractivity contribution in [3.63, 3.8) is 0 Å². The highest BCUT2D eigenvalue weighted by Gasteiger charge is 2.21. The standard InChI is InChI=1S/C12H14ClFN2OS/c13-9-5-8(1-2-10(9)14)3-4-15-12(17)11-6-18-7-16-11/h1-2,5,11,16H,3-4,6-7H2,(H,15,17). The number of hydrogen-bond donors (Lipinski definition) is 2. The molecule has 6 heteroatoms. The van der Waals surface area contributed by atoms with Crippen molar-refractivity contribution >= 4 is 29.3 Å². The minimum Gasteiger partial charge on any atom is -0.354 e. The Balaban J connectivity index is 1.77. The van der Waals surface area contributed by atoms with Crippen molar-refractivity contribution in [2.24, 2.45) is 0 Å². The Morgan fingerprint density at radius 1 is 1.61 bits per heavy atom. The van der Waals surface area contributed by atoms with Crippen LogP contribution in [0, 0.1) is 5.82 Å². The van der Waals surface area contributed by atoms with E-state index < -0.39 is 5.82 Å². The van der Waals surface area contributed by atoms with Crippen LogP contribution in [0.15, 0.2) is 18.2 Å². The molecule has 0 bridgehead atoms. The number of benzene rings is 1. The summed E-state index contributed by atoms with van der Waals surface area (Å²) in [5.41, 5.74) is 0.912. The van der Waals surface area contributed by atoms with E-state index >= 15 is 0 Å². The molecule has 0 aliphatic carbocycles. The van der Waals surface area contributed by atoms with Gasteiger partial charge in [0.05, 0.1) is 11.1 Å². The van der Waals surface area contributed by atoms with Gasteiger partial charge in [-0.25, -0.2) is 4.39 Å². The number of nitrogens with one attached hydrogen (secondary N) is 2. The van der Waals surface area contributed by atoms with Gasteiger partial charge in [-0.1, -0.05) is 17.7 Å². The number of halogens is 2. The van der Waals surface area contributed by atoms with Crippen molar-refractivity contribution in [3.8, 4) is 0 Å². The van der Waals surface area contributed by atoms with Crippen LogP contribution in [0.25, 0.3) is 0 Å². The highest BCUT2D eigenvalue weighted by molar-refractivity contribution is 7.99. The molecule has 98 valence electrons. The molecule has 1 fully saturated rings. The fourth-order valence-electron chi connectivity index (χ4n) is 1.71. The first-order valence-electron chi connectivity index (χ1n) is 5.69. The molecule has 3 nitrogen and oxygen atoms in total. The summed E-state index contributed by atoms with van der Waals surface area (Å²) < 4.78 is 12.9. The SMILES string of the molecule is O=C(NCCc1ccc(F)c(Cl)c1)C1CSCN1. The zero-order chi connectivity index (χ0) is 13.0. The average molecular weight is 289 g/mol. The van der Waals surface area contributed by atoms with E-state index in [0.29, 0.717) is 13.0 Å². The van der Waals surface area contributed by atoms with Crippen molar-refractivity contribution in [3.05, 3.63) is 34.6 Å². The fourth-order valence-corrected chi connectivity index (χ4v) is 2.86. The maximum atomic E-state index is 12.9. The molecular formula is C12H14ClFN2OS. The van der Waals surface area contributed by atoms with E-state index in [-0.39, 0.29) is 17.0 Å². The summed E-state index contributed by atoms with van der Waals surface area (Å²) >= 11 is 7.40. The molecule has 0 spiro atoms. The van der Waals surface area contributed by atoms with E-state index in [2.05, 4.69) is 10.6 Å². The zero-order valence-electron chi connectivity index (χ0n) is 9.71. The molecule has 18 heavy (non-hydrogen) atoms. The Labute approximate surface area is 114 Å². The van der Waals surface area contributed by atoms with Crippen LogP contribution < -0.4 is 10.6 Å². The van der Waals surface area contributed by atoms with Crippen molar-refractivity contribution in [1.29, 1.82) is 0 Å². The fraction of sp³-hybridized carbons (Fsp3) is 0.417. The summed E-state index contributed by atoms with van der Waals surface area (Å²) in [5.74, 6) is 1.24. The van der Waals surface area contributed by atoms with E-state index in [1.54, 1.807) is 23.9 Å². The molecule has 2 rings (SSSR count). The molecule has 1 saturated heterocycles. The first-order valence-corrected chi connectivity index (χ1v) is 7.23. The van der Waals surface area contributed by atoms with Crippen LogP contribution in [0.1, 0.15) is 5.56 Å². The maximum Gasteiger partial charge on any atom is 0.238 e. The molecule has 0 radical (unpaired) electrons. The highest BCUT2D eigenvalue weighted by atomic mass is 35.5. The van der Waals surface area contributed by atoms with Gasteiger partial charge in [0, 0.05) is 18.2 Å². The molecule has 0 saturated carbocycles. The minimum atomic E-state index is -0.420. The Morgan fingerprint density at radius 3 is 3.11 bits per heavy atom. The summed E-state index contributed by atoms with van der Waals surface area (Å²) in [6.07, 6.45) is 0.644. The Morgan fingerprint density at radius 2 is 2.44 bits per heavy atom. The molecule has 1 amide bonds. The molecule has 1 aliphatic heterocycles. The summed E-state index contributed by atoms with van der Waals surface area (Å²) in [5, 5.41) is 6.08. The molecule has 1 aromatic carbocycles. The van der Waals surface area contributed by atoms with E-state index in [1.165, 1.54) is 6.07 Å². The predicted molar refractivity (Wildman–Crippen MR) is 72.4 cm³/mol. The van der Waals surface area contributed by atoms with Crippen molar-refractivity contribution in [1.82, 2.24) is 10.6 Å².